The smallest absolute Gasteiger partial charge is 0.0564 e. The zero-order chi connectivity index (χ0) is 13.5. The first kappa shape index (κ1) is 14.2. The van der Waals surface area contributed by atoms with Crippen molar-refractivity contribution in [3.05, 3.63) is 24.0 Å². The molecule has 2 N–H and O–H groups in total. The van der Waals surface area contributed by atoms with Crippen molar-refractivity contribution in [1.82, 2.24) is 14.8 Å². The Balaban J connectivity index is 1.88. The van der Waals surface area contributed by atoms with Crippen LogP contribution in [-0.2, 0) is 6.54 Å². The minimum absolute atomic E-state index is 0.256. The zero-order valence-electron chi connectivity index (χ0n) is 11.7. The van der Waals surface area contributed by atoms with Gasteiger partial charge < -0.3 is 10.4 Å². The molecule has 1 aliphatic heterocycles. The summed E-state index contributed by atoms with van der Waals surface area (Å²) in [7, 11) is 1.93. The third-order valence-corrected chi connectivity index (χ3v) is 3.59. The molecule has 2 heterocycles. The summed E-state index contributed by atoms with van der Waals surface area (Å²) in [5.74, 6) is 0. The second-order valence-corrected chi connectivity index (χ2v) is 4.98. The first-order valence-electron chi connectivity index (χ1n) is 7.00. The van der Waals surface area contributed by atoms with E-state index in [1.807, 2.05) is 19.3 Å². The Labute approximate surface area is 115 Å². The van der Waals surface area contributed by atoms with Gasteiger partial charge in [-0.1, -0.05) is 0 Å². The minimum Gasteiger partial charge on any atom is -0.395 e. The van der Waals surface area contributed by atoms with Crippen LogP contribution < -0.4 is 5.32 Å². The summed E-state index contributed by atoms with van der Waals surface area (Å²) in [6.07, 6.45) is 3.02. The van der Waals surface area contributed by atoms with E-state index in [0.717, 1.165) is 57.1 Å². The van der Waals surface area contributed by atoms with Crippen LogP contribution in [-0.4, -0.2) is 66.3 Å². The van der Waals surface area contributed by atoms with Gasteiger partial charge in [-0.25, -0.2) is 0 Å². The number of nitrogens with zero attached hydrogens (tertiary/aromatic N) is 3. The van der Waals surface area contributed by atoms with Crippen LogP contribution in [0.1, 0.15) is 12.1 Å². The average Bonchev–Trinajstić information content (AvgIpc) is 2.65. The summed E-state index contributed by atoms with van der Waals surface area (Å²) >= 11 is 0. The quantitative estimate of drug-likeness (QED) is 0.817. The molecule has 0 unspecified atom stereocenters. The van der Waals surface area contributed by atoms with Crippen molar-refractivity contribution in [2.75, 3.05) is 51.7 Å². The third kappa shape index (κ3) is 4.45. The maximum absolute atomic E-state index is 9.00. The van der Waals surface area contributed by atoms with Gasteiger partial charge in [-0.05, 0) is 31.6 Å². The lowest BCUT2D eigenvalue weighted by molar-refractivity contribution is 0.195. The van der Waals surface area contributed by atoms with E-state index in [-0.39, 0.29) is 6.61 Å². The molecule has 0 amide bonds. The van der Waals surface area contributed by atoms with Gasteiger partial charge >= 0.3 is 0 Å². The van der Waals surface area contributed by atoms with E-state index in [4.69, 9.17) is 5.11 Å². The third-order valence-electron chi connectivity index (χ3n) is 3.59. The summed E-state index contributed by atoms with van der Waals surface area (Å²) in [6, 6.07) is 4.09. The Morgan fingerprint density at radius 2 is 2.05 bits per heavy atom. The predicted octanol–water partition coefficient (Wildman–Crippen LogP) is 0.623. The topological polar surface area (TPSA) is 51.6 Å². The van der Waals surface area contributed by atoms with Crippen LogP contribution in [0.15, 0.2) is 18.3 Å². The molecule has 0 radical (unpaired) electrons. The fourth-order valence-corrected chi connectivity index (χ4v) is 2.50. The second kappa shape index (κ2) is 7.43. The van der Waals surface area contributed by atoms with E-state index < -0.39 is 0 Å². The van der Waals surface area contributed by atoms with Crippen molar-refractivity contribution < 1.29 is 5.11 Å². The van der Waals surface area contributed by atoms with Crippen LogP contribution in [0.3, 0.4) is 0 Å². The predicted molar refractivity (Wildman–Crippen MR) is 77.2 cm³/mol. The lowest BCUT2D eigenvalue weighted by Gasteiger charge is -2.21. The molecule has 2 rings (SSSR count). The van der Waals surface area contributed by atoms with Crippen LogP contribution in [0.4, 0.5) is 5.69 Å². The SMILES string of the molecule is CNc1ccnc(CN2CCCN(CCO)CC2)c1. The summed E-state index contributed by atoms with van der Waals surface area (Å²) in [6.45, 7) is 6.22. The van der Waals surface area contributed by atoms with Gasteiger partial charge in [0.2, 0.25) is 0 Å². The molecule has 1 fully saturated rings. The molecule has 1 saturated heterocycles. The normalized spacial score (nSPS) is 18.2. The maximum atomic E-state index is 9.00. The van der Waals surface area contributed by atoms with E-state index in [1.54, 1.807) is 0 Å². The standard InChI is InChI=1S/C14H24N4O/c1-15-13-3-4-16-14(11-13)12-18-6-2-5-17(7-8-18)9-10-19/h3-4,11,19H,2,5-10,12H2,1H3,(H,15,16). The van der Waals surface area contributed by atoms with E-state index in [2.05, 4.69) is 26.2 Å². The molecular formula is C14H24N4O. The fraction of sp³-hybridized carbons (Fsp3) is 0.643. The van der Waals surface area contributed by atoms with Crippen molar-refractivity contribution >= 4 is 5.69 Å². The summed E-state index contributed by atoms with van der Waals surface area (Å²) < 4.78 is 0. The molecule has 5 nitrogen and oxygen atoms in total. The molecule has 0 aromatic carbocycles. The van der Waals surface area contributed by atoms with Gasteiger partial charge in [-0.3, -0.25) is 14.8 Å². The molecular weight excluding hydrogens is 240 g/mol. The molecule has 1 aliphatic rings. The minimum atomic E-state index is 0.256. The molecule has 1 aromatic heterocycles. The van der Waals surface area contributed by atoms with Gasteiger partial charge in [-0.15, -0.1) is 0 Å². The van der Waals surface area contributed by atoms with Crippen LogP contribution in [0.5, 0.6) is 0 Å². The molecule has 5 heteroatoms. The molecule has 0 bridgehead atoms. The van der Waals surface area contributed by atoms with Gasteiger partial charge in [-0.2, -0.15) is 0 Å². The Kier molecular flexibility index (Phi) is 5.57. The largest absolute Gasteiger partial charge is 0.395 e. The Hall–Kier alpha value is -1.17. The van der Waals surface area contributed by atoms with Crippen molar-refractivity contribution in [3.8, 4) is 0 Å². The highest BCUT2D eigenvalue weighted by Crippen LogP contribution is 2.11. The number of aromatic nitrogens is 1. The van der Waals surface area contributed by atoms with E-state index >= 15 is 0 Å². The molecule has 106 valence electrons. The highest BCUT2D eigenvalue weighted by atomic mass is 16.3. The monoisotopic (exact) mass is 264 g/mol. The van der Waals surface area contributed by atoms with E-state index in [1.165, 1.54) is 0 Å². The average molecular weight is 264 g/mol. The van der Waals surface area contributed by atoms with Crippen LogP contribution in [0.2, 0.25) is 0 Å². The first-order valence-corrected chi connectivity index (χ1v) is 7.00. The number of hydrogen-bond donors (Lipinski definition) is 2. The van der Waals surface area contributed by atoms with Crippen molar-refractivity contribution in [2.45, 2.75) is 13.0 Å². The number of nitrogens with one attached hydrogen (secondary N) is 1. The maximum Gasteiger partial charge on any atom is 0.0564 e. The zero-order valence-corrected chi connectivity index (χ0v) is 11.7. The lowest BCUT2D eigenvalue weighted by atomic mass is 10.3. The molecule has 19 heavy (non-hydrogen) atoms. The van der Waals surface area contributed by atoms with E-state index in [9.17, 15) is 0 Å². The number of hydrogen-bond acceptors (Lipinski definition) is 5. The van der Waals surface area contributed by atoms with Gasteiger partial charge in [0.05, 0.1) is 12.3 Å². The number of aliphatic hydroxyl groups is 1. The van der Waals surface area contributed by atoms with Crippen LogP contribution >= 0.6 is 0 Å². The summed E-state index contributed by atoms with van der Waals surface area (Å²) in [5, 5.41) is 12.1. The molecule has 0 atom stereocenters. The van der Waals surface area contributed by atoms with Gasteiger partial charge in [0.25, 0.3) is 0 Å². The lowest BCUT2D eigenvalue weighted by Crippen LogP contribution is -2.32. The Morgan fingerprint density at radius 3 is 2.84 bits per heavy atom. The Bertz CT molecular complexity index is 385. The van der Waals surface area contributed by atoms with Crippen molar-refractivity contribution in [1.29, 1.82) is 0 Å². The van der Waals surface area contributed by atoms with Gasteiger partial charge in [0, 0.05) is 45.1 Å². The number of β-amino-alcohol motifs (C(OH)–C–C–N with tert-alkyl or cyclic N) is 1. The number of aliphatic hydroxyl groups excluding tert-OH is 1. The van der Waals surface area contributed by atoms with E-state index in [0.29, 0.717) is 0 Å². The number of rotatable bonds is 5. The second-order valence-electron chi connectivity index (χ2n) is 4.98. The molecule has 0 saturated carbocycles. The summed E-state index contributed by atoms with van der Waals surface area (Å²) in [5.41, 5.74) is 2.23. The number of pyridine rings is 1. The van der Waals surface area contributed by atoms with Gasteiger partial charge in [0.15, 0.2) is 0 Å². The summed E-state index contributed by atoms with van der Waals surface area (Å²) in [4.78, 5) is 9.21. The highest BCUT2D eigenvalue weighted by Gasteiger charge is 2.14. The molecule has 0 aliphatic carbocycles. The van der Waals surface area contributed by atoms with Gasteiger partial charge in [0.1, 0.15) is 0 Å². The Morgan fingerprint density at radius 1 is 1.26 bits per heavy atom. The molecule has 0 spiro atoms. The fourth-order valence-electron chi connectivity index (χ4n) is 2.50. The molecule has 1 aromatic rings. The van der Waals surface area contributed by atoms with Crippen LogP contribution in [0, 0.1) is 0 Å². The highest BCUT2D eigenvalue weighted by molar-refractivity contribution is 5.42. The first-order chi connectivity index (χ1) is 9.31. The van der Waals surface area contributed by atoms with Crippen LogP contribution in [0.25, 0.3) is 0 Å². The van der Waals surface area contributed by atoms with Crippen molar-refractivity contribution in [3.63, 3.8) is 0 Å². The van der Waals surface area contributed by atoms with Crippen molar-refractivity contribution in [2.24, 2.45) is 0 Å². The number of anilines is 1.